The zero-order valence-corrected chi connectivity index (χ0v) is 21.6. The molecule has 0 aliphatic heterocycles. The van der Waals surface area contributed by atoms with Crippen LogP contribution in [0.5, 0.6) is 0 Å². The molecule has 0 spiro atoms. The van der Waals surface area contributed by atoms with Gasteiger partial charge in [-0.15, -0.1) is 0 Å². The third-order valence-electron chi connectivity index (χ3n) is 6.15. The van der Waals surface area contributed by atoms with E-state index in [4.69, 9.17) is 11.6 Å². The highest BCUT2D eigenvalue weighted by molar-refractivity contribution is 6.31. The van der Waals surface area contributed by atoms with Crippen molar-refractivity contribution in [3.8, 4) is 0 Å². The van der Waals surface area contributed by atoms with Gasteiger partial charge in [-0.3, -0.25) is 9.59 Å². The summed E-state index contributed by atoms with van der Waals surface area (Å²) >= 11 is 5.40. The van der Waals surface area contributed by atoms with Crippen LogP contribution in [-0.2, 0) is 17.1 Å². The Kier molecular flexibility index (Phi) is 9.12. The Morgan fingerprint density at radius 3 is 1.93 bits per heavy atom. The Bertz CT molecular complexity index is 1420. The zero-order valence-electron chi connectivity index (χ0n) is 20.8. The maximum Gasteiger partial charge on any atom is 0.417 e. The van der Waals surface area contributed by atoms with E-state index in [1.807, 2.05) is 5.32 Å². The van der Waals surface area contributed by atoms with Crippen molar-refractivity contribution in [2.24, 2.45) is 0 Å². The maximum absolute atomic E-state index is 15.0. The van der Waals surface area contributed by atoms with Crippen molar-refractivity contribution < 1.29 is 66.7 Å². The van der Waals surface area contributed by atoms with Crippen LogP contribution in [0.4, 0.5) is 57.1 Å². The summed E-state index contributed by atoms with van der Waals surface area (Å²) in [6.45, 7) is -1.79. The Morgan fingerprint density at radius 1 is 0.860 bits per heavy atom. The Balaban J connectivity index is 1.97. The Morgan fingerprint density at radius 2 is 1.44 bits per heavy atom. The SMILES string of the molecule is O=C(NC1(C(=O)NCC(F)(F)F)CC1)c1ccc(/C(F)=C/C(c2ccc(Cl)c(C(F)(F)F)c2)C(F)(F)F)cc1C(F)(F)F. The van der Waals surface area contributed by atoms with E-state index in [0.717, 1.165) is 0 Å². The summed E-state index contributed by atoms with van der Waals surface area (Å²) in [7, 11) is 0. The van der Waals surface area contributed by atoms with Crippen LogP contribution in [-0.4, -0.2) is 36.3 Å². The molecule has 1 saturated carbocycles. The predicted octanol–water partition coefficient (Wildman–Crippen LogP) is 7.98. The number of amides is 2. The van der Waals surface area contributed by atoms with Crippen LogP contribution in [0.3, 0.4) is 0 Å². The molecule has 1 fully saturated rings. The molecule has 1 atom stereocenters. The lowest BCUT2D eigenvalue weighted by Gasteiger charge is -2.21. The lowest BCUT2D eigenvalue weighted by Crippen LogP contribution is -2.51. The average Bonchev–Trinajstić information content (AvgIpc) is 3.64. The fourth-order valence-corrected chi connectivity index (χ4v) is 4.09. The topological polar surface area (TPSA) is 58.2 Å². The first-order valence-corrected chi connectivity index (χ1v) is 12.0. The standard InChI is InChI=1S/C25H16ClF13N2O2/c26-17-4-2-11(7-16(17)25(37,38)39)14(23(31,32)33)9-18(27)12-1-3-13(15(8-12)24(34,35)36)19(42)41-21(5-6-21)20(43)40-10-22(28,29)30/h1-4,7-9,14H,5-6,10H2,(H,40,43)(H,41,42)/b18-9-. The molecule has 1 aliphatic rings. The van der Waals surface area contributed by atoms with Crippen molar-refractivity contribution in [1.82, 2.24) is 10.6 Å². The van der Waals surface area contributed by atoms with Crippen LogP contribution in [0.2, 0.25) is 5.02 Å². The summed E-state index contributed by atoms with van der Waals surface area (Å²) in [5.41, 5.74) is -9.03. The highest BCUT2D eigenvalue weighted by Crippen LogP contribution is 2.43. The van der Waals surface area contributed by atoms with E-state index in [9.17, 15) is 66.7 Å². The van der Waals surface area contributed by atoms with Gasteiger partial charge in [0.25, 0.3) is 5.91 Å². The fourth-order valence-electron chi connectivity index (χ4n) is 3.87. The van der Waals surface area contributed by atoms with E-state index in [-0.39, 0.29) is 31.1 Å². The van der Waals surface area contributed by atoms with Gasteiger partial charge in [-0.1, -0.05) is 23.7 Å². The highest BCUT2D eigenvalue weighted by Gasteiger charge is 2.52. The molecule has 4 nitrogen and oxygen atoms in total. The Hall–Kier alpha value is -3.50. The molecule has 0 heterocycles. The molecular formula is C25H16ClF13N2O2. The van der Waals surface area contributed by atoms with Gasteiger partial charge in [0.2, 0.25) is 5.91 Å². The van der Waals surface area contributed by atoms with Gasteiger partial charge in [0.15, 0.2) is 0 Å². The van der Waals surface area contributed by atoms with Gasteiger partial charge in [-0.2, -0.15) is 52.7 Å². The molecule has 2 aromatic rings. The summed E-state index contributed by atoms with van der Waals surface area (Å²) in [4.78, 5) is 24.7. The smallest absolute Gasteiger partial charge is 0.345 e. The number of hydrogen-bond donors (Lipinski definition) is 2. The first-order valence-electron chi connectivity index (χ1n) is 11.6. The minimum Gasteiger partial charge on any atom is -0.345 e. The van der Waals surface area contributed by atoms with Gasteiger partial charge < -0.3 is 10.6 Å². The normalized spacial score (nSPS) is 16.5. The third kappa shape index (κ3) is 8.32. The van der Waals surface area contributed by atoms with Crippen LogP contribution in [0.15, 0.2) is 42.5 Å². The van der Waals surface area contributed by atoms with E-state index >= 15 is 0 Å². The van der Waals surface area contributed by atoms with Crippen molar-refractivity contribution in [2.75, 3.05) is 6.54 Å². The molecule has 236 valence electrons. The van der Waals surface area contributed by atoms with Gasteiger partial charge >= 0.3 is 24.7 Å². The molecule has 0 bridgehead atoms. The van der Waals surface area contributed by atoms with Gasteiger partial charge in [-0.25, -0.2) is 4.39 Å². The van der Waals surface area contributed by atoms with Crippen LogP contribution in [0, 0.1) is 0 Å². The predicted molar refractivity (Wildman–Crippen MR) is 124 cm³/mol. The summed E-state index contributed by atoms with van der Waals surface area (Å²) in [6.07, 6.45) is -21.6. The number of alkyl halides is 12. The van der Waals surface area contributed by atoms with E-state index in [1.165, 1.54) is 5.32 Å². The minimum atomic E-state index is -5.43. The van der Waals surface area contributed by atoms with Crippen molar-refractivity contribution in [2.45, 2.75) is 49.0 Å². The molecule has 2 N–H and O–H groups in total. The number of carbonyl (C=O) groups excluding carboxylic acids is 2. The molecule has 1 aliphatic carbocycles. The quantitative estimate of drug-likeness (QED) is 0.297. The molecule has 0 aromatic heterocycles. The summed E-state index contributed by atoms with van der Waals surface area (Å²) in [5, 5.41) is 2.43. The molecule has 0 saturated heterocycles. The molecule has 3 rings (SSSR count). The molecule has 2 aromatic carbocycles. The second-order valence-electron chi connectivity index (χ2n) is 9.36. The lowest BCUT2D eigenvalue weighted by molar-refractivity contribution is -0.142. The summed E-state index contributed by atoms with van der Waals surface area (Å²) in [5.74, 6) is -7.95. The van der Waals surface area contributed by atoms with E-state index in [1.54, 1.807) is 0 Å². The second-order valence-corrected chi connectivity index (χ2v) is 9.77. The zero-order chi connectivity index (χ0) is 32.8. The van der Waals surface area contributed by atoms with E-state index < -0.39 is 93.2 Å². The van der Waals surface area contributed by atoms with Gasteiger partial charge in [-0.05, 0) is 48.7 Å². The first-order chi connectivity index (χ1) is 19.4. The third-order valence-corrected chi connectivity index (χ3v) is 6.48. The number of nitrogens with one attached hydrogen (secondary N) is 2. The van der Waals surface area contributed by atoms with Gasteiger partial charge in [0, 0.05) is 5.56 Å². The number of hydrogen-bond acceptors (Lipinski definition) is 2. The largest absolute Gasteiger partial charge is 0.417 e. The van der Waals surface area contributed by atoms with E-state index in [0.29, 0.717) is 24.3 Å². The number of allylic oxidation sites excluding steroid dienone is 1. The average molecular weight is 659 g/mol. The monoisotopic (exact) mass is 658 g/mol. The number of rotatable bonds is 7. The summed E-state index contributed by atoms with van der Waals surface area (Å²) in [6, 6.07) is 1.80. The minimum absolute atomic E-state index is 0.0113. The van der Waals surface area contributed by atoms with Crippen LogP contribution >= 0.6 is 11.6 Å². The highest BCUT2D eigenvalue weighted by atomic mass is 35.5. The number of carbonyl (C=O) groups is 2. The summed E-state index contributed by atoms with van der Waals surface area (Å²) < 4.78 is 174. The van der Waals surface area contributed by atoms with Crippen LogP contribution < -0.4 is 10.6 Å². The molecule has 0 radical (unpaired) electrons. The van der Waals surface area contributed by atoms with Crippen molar-refractivity contribution >= 4 is 29.2 Å². The van der Waals surface area contributed by atoms with Crippen molar-refractivity contribution in [3.63, 3.8) is 0 Å². The van der Waals surface area contributed by atoms with Crippen LogP contribution in [0.1, 0.15) is 51.4 Å². The van der Waals surface area contributed by atoms with Crippen molar-refractivity contribution in [3.05, 3.63) is 75.3 Å². The van der Waals surface area contributed by atoms with E-state index in [2.05, 4.69) is 0 Å². The Labute approximate surface area is 237 Å². The second kappa shape index (κ2) is 11.5. The molecule has 18 heteroatoms. The number of benzene rings is 2. The number of halogens is 14. The molecule has 1 unspecified atom stereocenters. The van der Waals surface area contributed by atoms with Gasteiger partial charge in [0.05, 0.1) is 21.7 Å². The molecule has 43 heavy (non-hydrogen) atoms. The van der Waals surface area contributed by atoms with Crippen molar-refractivity contribution in [1.29, 1.82) is 0 Å². The first kappa shape index (κ1) is 34.0. The molecular weight excluding hydrogens is 643 g/mol. The van der Waals surface area contributed by atoms with Gasteiger partial charge in [0.1, 0.15) is 23.8 Å². The molecule has 2 amide bonds. The fraction of sp³-hybridized carbons (Fsp3) is 0.360. The van der Waals surface area contributed by atoms with Crippen LogP contribution in [0.25, 0.3) is 5.83 Å². The lowest BCUT2D eigenvalue weighted by atomic mass is 9.94. The maximum atomic E-state index is 15.0.